The van der Waals surface area contributed by atoms with E-state index in [0.29, 0.717) is 24.5 Å². The van der Waals surface area contributed by atoms with Crippen molar-refractivity contribution in [3.63, 3.8) is 0 Å². The van der Waals surface area contributed by atoms with Gasteiger partial charge in [-0.2, -0.15) is 0 Å². The second-order valence-corrected chi connectivity index (χ2v) is 9.84. The summed E-state index contributed by atoms with van der Waals surface area (Å²) in [7, 11) is 1.64. The number of rotatable bonds is 8. The topological polar surface area (TPSA) is 78.9 Å². The third-order valence-corrected chi connectivity index (χ3v) is 7.49. The van der Waals surface area contributed by atoms with Crippen molar-refractivity contribution < 1.29 is 14.3 Å². The van der Waals surface area contributed by atoms with Gasteiger partial charge in [0.2, 0.25) is 5.91 Å². The Morgan fingerprint density at radius 3 is 2.50 bits per heavy atom. The molecule has 190 valence electrons. The van der Waals surface area contributed by atoms with Gasteiger partial charge in [-0.1, -0.05) is 13.0 Å². The first-order valence-electron chi connectivity index (χ1n) is 12.4. The predicted octanol–water partition coefficient (Wildman–Crippen LogP) is 4.19. The Balaban J connectivity index is 1.37. The van der Waals surface area contributed by atoms with E-state index in [-0.39, 0.29) is 24.4 Å². The number of amides is 2. The number of carbonyl (C=O) groups excluding carboxylic acids is 2. The van der Waals surface area contributed by atoms with Crippen LogP contribution in [0.1, 0.15) is 36.4 Å². The zero-order valence-corrected chi connectivity index (χ0v) is 21.9. The molecule has 9 heteroatoms. The molecule has 1 aliphatic heterocycles. The van der Waals surface area contributed by atoms with E-state index in [1.165, 1.54) is 11.3 Å². The first-order chi connectivity index (χ1) is 17.5. The molecule has 1 aromatic carbocycles. The number of thiophene rings is 1. The number of hydrogen-bond donors (Lipinski definition) is 0. The fraction of sp³-hybridized carbons (Fsp3) is 0.407. The van der Waals surface area contributed by atoms with Crippen molar-refractivity contribution in [1.82, 2.24) is 20.0 Å². The number of methoxy groups -OCH3 is 1. The van der Waals surface area contributed by atoms with Gasteiger partial charge in [-0.25, -0.2) is 0 Å². The third-order valence-electron chi connectivity index (χ3n) is 6.63. The van der Waals surface area contributed by atoms with Crippen LogP contribution in [0.25, 0.3) is 11.3 Å². The lowest BCUT2D eigenvalue weighted by Gasteiger charge is -2.30. The molecule has 1 saturated heterocycles. The number of benzene rings is 1. The van der Waals surface area contributed by atoms with Crippen LogP contribution in [0.2, 0.25) is 0 Å². The lowest BCUT2D eigenvalue weighted by atomic mass is 10.1. The molecule has 0 N–H and O–H groups in total. The minimum absolute atomic E-state index is 0.00785. The Morgan fingerprint density at radius 1 is 1.06 bits per heavy atom. The summed E-state index contributed by atoms with van der Waals surface area (Å²) in [6.45, 7) is 6.85. The monoisotopic (exact) mass is 507 g/mol. The van der Waals surface area contributed by atoms with E-state index in [4.69, 9.17) is 4.74 Å². The Labute approximate surface area is 216 Å². The van der Waals surface area contributed by atoms with Gasteiger partial charge in [0.1, 0.15) is 12.3 Å². The number of anilines is 1. The van der Waals surface area contributed by atoms with Crippen molar-refractivity contribution in [3.8, 4) is 17.0 Å². The zero-order valence-electron chi connectivity index (χ0n) is 21.1. The fourth-order valence-corrected chi connectivity index (χ4v) is 4.92. The molecule has 0 bridgehead atoms. The first kappa shape index (κ1) is 25.6. The maximum Gasteiger partial charge on any atom is 0.264 e. The first-order valence-corrected chi connectivity index (χ1v) is 13.2. The van der Waals surface area contributed by atoms with Crippen molar-refractivity contribution in [2.75, 3.05) is 44.7 Å². The van der Waals surface area contributed by atoms with Crippen LogP contribution in [-0.2, 0) is 4.79 Å². The molecule has 8 nitrogen and oxygen atoms in total. The van der Waals surface area contributed by atoms with E-state index in [0.717, 1.165) is 42.2 Å². The second-order valence-electron chi connectivity index (χ2n) is 8.89. The molecule has 0 aliphatic carbocycles. The van der Waals surface area contributed by atoms with E-state index in [1.54, 1.807) is 12.0 Å². The van der Waals surface area contributed by atoms with E-state index >= 15 is 0 Å². The molecule has 3 aromatic rings. The average molecular weight is 508 g/mol. The second kappa shape index (κ2) is 12.0. The SMILES string of the molecule is CC[C@H](C)N(CC(=O)N1CCCN(c2ccc(-c3ccc(OC)cc3)nn2)CC1)C(=O)c1cccs1. The van der Waals surface area contributed by atoms with Crippen LogP contribution in [0.4, 0.5) is 5.82 Å². The minimum atomic E-state index is -0.0728. The zero-order chi connectivity index (χ0) is 25.5. The highest BCUT2D eigenvalue weighted by molar-refractivity contribution is 7.12. The Morgan fingerprint density at radius 2 is 1.86 bits per heavy atom. The summed E-state index contributed by atoms with van der Waals surface area (Å²) < 4.78 is 5.22. The lowest BCUT2D eigenvalue weighted by Crippen LogP contribution is -2.47. The standard InChI is InChI=1S/C27H33N5O3S/c1-4-20(2)32(27(34)24-7-5-18-36-24)19-26(33)31-15-6-14-30(16-17-31)25-13-12-23(28-29-25)21-8-10-22(35-3)11-9-21/h5,7-13,18,20H,4,6,14-17,19H2,1-3H3/t20-/m0/s1. The molecule has 0 unspecified atom stereocenters. The molecule has 0 spiro atoms. The molecule has 1 fully saturated rings. The smallest absolute Gasteiger partial charge is 0.264 e. The number of carbonyl (C=O) groups is 2. The average Bonchev–Trinajstić information content (AvgIpc) is 3.35. The van der Waals surface area contributed by atoms with Crippen LogP contribution in [0.3, 0.4) is 0 Å². The van der Waals surface area contributed by atoms with E-state index < -0.39 is 0 Å². The van der Waals surface area contributed by atoms with Crippen molar-refractivity contribution in [2.45, 2.75) is 32.7 Å². The maximum atomic E-state index is 13.2. The van der Waals surface area contributed by atoms with Crippen LogP contribution < -0.4 is 9.64 Å². The Kier molecular flexibility index (Phi) is 8.53. The molecule has 4 rings (SSSR count). The van der Waals surface area contributed by atoms with Crippen LogP contribution in [0.5, 0.6) is 5.75 Å². The molecule has 36 heavy (non-hydrogen) atoms. The summed E-state index contributed by atoms with van der Waals surface area (Å²) in [6, 6.07) is 15.4. The van der Waals surface area contributed by atoms with Crippen molar-refractivity contribution in [2.24, 2.45) is 0 Å². The highest BCUT2D eigenvalue weighted by Crippen LogP contribution is 2.22. The summed E-state index contributed by atoms with van der Waals surface area (Å²) in [5, 5.41) is 10.8. The normalized spacial score (nSPS) is 14.8. The van der Waals surface area contributed by atoms with Crippen LogP contribution >= 0.6 is 11.3 Å². The highest BCUT2D eigenvalue weighted by Gasteiger charge is 2.27. The van der Waals surface area contributed by atoms with Gasteiger partial charge < -0.3 is 19.4 Å². The van der Waals surface area contributed by atoms with Crippen molar-refractivity contribution in [1.29, 1.82) is 0 Å². The van der Waals surface area contributed by atoms with Gasteiger partial charge in [0.15, 0.2) is 5.82 Å². The number of hydrogen-bond acceptors (Lipinski definition) is 7. The quantitative estimate of drug-likeness (QED) is 0.455. The minimum Gasteiger partial charge on any atom is -0.497 e. The lowest BCUT2D eigenvalue weighted by molar-refractivity contribution is -0.132. The third kappa shape index (κ3) is 6.02. The highest BCUT2D eigenvalue weighted by atomic mass is 32.1. The molecule has 0 radical (unpaired) electrons. The summed E-state index contributed by atoms with van der Waals surface area (Å²) >= 11 is 1.41. The van der Waals surface area contributed by atoms with Crippen LogP contribution in [0.15, 0.2) is 53.9 Å². The molecule has 3 heterocycles. The van der Waals surface area contributed by atoms with E-state index in [9.17, 15) is 9.59 Å². The molecule has 1 aliphatic rings. The van der Waals surface area contributed by atoms with Gasteiger partial charge in [-0.15, -0.1) is 21.5 Å². The van der Waals surface area contributed by atoms with Gasteiger partial charge in [0, 0.05) is 37.8 Å². The van der Waals surface area contributed by atoms with Gasteiger partial charge >= 0.3 is 0 Å². The van der Waals surface area contributed by atoms with Gasteiger partial charge in [-0.05, 0) is 67.6 Å². The van der Waals surface area contributed by atoms with E-state index in [1.807, 2.05) is 72.7 Å². The summed E-state index contributed by atoms with van der Waals surface area (Å²) in [6.07, 6.45) is 1.62. The van der Waals surface area contributed by atoms with Gasteiger partial charge in [0.25, 0.3) is 5.91 Å². The maximum absolute atomic E-state index is 13.2. The number of ether oxygens (including phenoxy) is 1. The summed E-state index contributed by atoms with van der Waals surface area (Å²) in [5.41, 5.74) is 1.78. The van der Waals surface area contributed by atoms with Gasteiger partial charge in [0.05, 0.1) is 17.7 Å². The number of aromatic nitrogens is 2. The predicted molar refractivity (Wildman–Crippen MR) is 143 cm³/mol. The molecular weight excluding hydrogens is 474 g/mol. The van der Waals surface area contributed by atoms with Crippen LogP contribution in [0, 0.1) is 0 Å². The summed E-state index contributed by atoms with van der Waals surface area (Å²) in [4.78, 5) is 32.7. The molecular formula is C27H33N5O3S. The largest absolute Gasteiger partial charge is 0.497 e. The number of nitrogens with zero attached hydrogens (tertiary/aromatic N) is 5. The molecule has 2 aromatic heterocycles. The molecule has 2 amide bonds. The van der Waals surface area contributed by atoms with Crippen molar-refractivity contribution in [3.05, 3.63) is 58.8 Å². The Hall–Kier alpha value is -3.46. The molecule has 1 atom stereocenters. The van der Waals surface area contributed by atoms with Crippen molar-refractivity contribution >= 4 is 29.0 Å². The van der Waals surface area contributed by atoms with Crippen LogP contribution in [-0.4, -0.2) is 77.7 Å². The van der Waals surface area contributed by atoms with Gasteiger partial charge in [-0.3, -0.25) is 9.59 Å². The Bertz CT molecular complexity index is 1140. The summed E-state index contributed by atoms with van der Waals surface area (Å²) in [5.74, 6) is 1.52. The fourth-order valence-electron chi connectivity index (χ4n) is 4.24. The van der Waals surface area contributed by atoms with E-state index in [2.05, 4.69) is 15.1 Å². The molecule has 0 saturated carbocycles.